The Morgan fingerprint density at radius 2 is 0.875 bits per heavy atom. The first-order chi connectivity index (χ1) is 11.5. The second-order valence-corrected chi connectivity index (χ2v) is 11.8. The van der Waals surface area contributed by atoms with Crippen molar-refractivity contribution in [3.8, 4) is 0 Å². The van der Waals surface area contributed by atoms with E-state index in [9.17, 15) is 10.2 Å². The summed E-state index contributed by atoms with van der Waals surface area (Å²) >= 11 is 0. The van der Waals surface area contributed by atoms with Crippen LogP contribution < -0.4 is 0 Å². The van der Waals surface area contributed by atoms with E-state index in [0.29, 0.717) is 24.0 Å². The first-order valence-corrected chi connectivity index (χ1v) is 10.7. The van der Waals surface area contributed by atoms with Crippen LogP contribution in [0.4, 0.5) is 0 Å². The van der Waals surface area contributed by atoms with Gasteiger partial charge in [0, 0.05) is 13.2 Å². The van der Waals surface area contributed by atoms with Crippen LogP contribution in [-0.2, 0) is 0 Å². The molecule has 0 aliphatic heterocycles. The summed E-state index contributed by atoms with van der Waals surface area (Å²) in [5, 5.41) is 20.6. The molecule has 0 aromatic heterocycles. The molecule has 0 aromatic rings. The van der Waals surface area contributed by atoms with Gasteiger partial charge in [0.05, 0.1) is 0 Å². The van der Waals surface area contributed by atoms with E-state index in [1.54, 1.807) is 0 Å². The SMILES string of the molecule is OCC12CC3CC(C1)CC(C14CC5CC(CC(CO)(C5)C1)C4)(C3)C2. The summed E-state index contributed by atoms with van der Waals surface area (Å²) < 4.78 is 0. The molecular weight excluding hydrogens is 296 g/mol. The summed E-state index contributed by atoms with van der Waals surface area (Å²) in [7, 11) is 0. The van der Waals surface area contributed by atoms with Gasteiger partial charge in [-0.1, -0.05) is 0 Å². The van der Waals surface area contributed by atoms with Crippen molar-refractivity contribution in [2.75, 3.05) is 13.2 Å². The molecule has 2 heteroatoms. The lowest BCUT2D eigenvalue weighted by Crippen LogP contribution is -2.65. The van der Waals surface area contributed by atoms with Crippen molar-refractivity contribution >= 4 is 0 Å². The molecule has 0 aromatic carbocycles. The smallest absolute Gasteiger partial charge is 0.0487 e. The Morgan fingerprint density at radius 1 is 0.542 bits per heavy atom. The molecule has 8 aliphatic rings. The summed E-state index contributed by atoms with van der Waals surface area (Å²) in [6.07, 6.45) is 16.7. The molecule has 2 nitrogen and oxygen atoms in total. The van der Waals surface area contributed by atoms with E-state index in [4.69, 9.17) is 0 Å². The molecule has 8 fully saturated rings. The van der Waals surface area contributed by atoms with Crippen molar-refractivity contribution in [3.63, 3.8) is 0 Å². The zero-order chi connectivity index (χ0) is 16.2. The number of rotatable bonds is 3. The minimum atomic E-state index is 0.278. The number of hydrogen-bond donors (Lipinski definition) is 2. The Hall–Kier alpha value is -0.0800. The van der Waals surface area contributed by atoms with Gasteiger partial charge in [-0.2, -0.15) is 0 Å². The summed E-state index contributed by atoms with van der Waals surface area (Å²) in [5.74, 6) is 3.60. The second-order valence-electron chi connectivity index (χ2n) is 11.8. The first-order valence-electron chi connectivity index (χ1n) is 10.7. The lowest BCUT2D eigenvalue weighted by molar-refractivity contribution is -0.247. The third-order valence-electron chi connectivity index (χ3n) is 10.2. The zero-order valence-electron chi connectivity index (χ0n) is 15.1. The Kier molecular flexibility index (Phi) is 2.77. The van der Waals surface area contributed by atoms with E-state index >= 15 is 0 Å². The highest BCUT2D eigenvalue weighted by atomic mass is 16.3. The molecule has 24 heavy (non-hydrogen) atoms. The van der Waals surface area contributed by atoms with Crippen LogP contribution in [0.2, 0.25) is 0 Å². The van der Waals surface area contributed by atoms with E-state index < -0.39 is 0 Å². The van der Waals surface area contributed by atoms with Crippen LogP contribution in [-0.4, -0.2) is 23.4 Å². The van der Waals surface area contributed by atoms with Gasteiger partial charge < -0.3 is 10.2 Å². The van der Waals surface area contributed by atoms with Gasteiger partial charge >= 0.3 is 0 Å². The van der Waals surface area contributed by atoms with E-state index in [-0.39, 0.29) is 10.8 Å². The third kappa shape index (κ3) is 1.71. The highest BCUT2D eigenvalue weighted by Crippen LogP contribution is 2.78. The van der Waals surface area contributed by atoms with E-state index in [1.807, 2.05) is 0 Å². The van der Waals surface area contributed by atoms with Crippen molar-refractivity contribution in [1.82, 2.24) is 0 Å². The van der Waals surface area contributed by atoms with Gasteiger partial charge in [0.15, 0.2) is 0 Å². The summed E-state index contributed by atoms with van der Waals surface area (Å²) in [5.41, 5.74) is 1.61. The summed E-state index contributed by atoms with van der Waals surface area (Å²) in [6.45, 7) is 0.881. The average Bonchev–Trinajstić information content (AvgIpc) is 2.52. The topological polar surface area (TPSA) is 40.5 Å². The Balaban J connectivity index is 1.44. The molecule has 0 radical (unpaired) electrons. The molecule has 0 amide bonds. The molecular formula is C22H34O2. The fourth-order valence-electron chi connectivity index (χ4n) is 10.5. The van der Waals surface area contributed by atoms with Crippen LogP contribution in [0, 0.1) is 45.3 Å². The molecule has 134 valence electrons. The minimum Gasteiger partial charge on any atom is -0.396 e. The molecule has 8 bridgehead atoms. The van der Waals surface area contributed by atoms with Gasteiger partial charge in [-0.3, -0.25) is 0 Å². The van der Waals surface area contributed by atoms with Crippen LogP contribution in [0.15, 0.2) is 0 Å². The third-order valence-corrected chi connectivity index (χ3v) is 10.2. The Bertz CT molecular complexity index is 488. The fraction of sp³-hybridized carbons (Fsp3) is 1.00. The van der Waals surface area contributed by atoms with Gasteiger partial charge in [0.2, 0.25) is 0 Å². The standard InChI is InChI=1S/C22H34O2/c23-13-19-3-15-1-16(4-19)8-21(7-15,11-19)22-9-17-2-18(10-22)6-20(5-17,12-22)14-24/h15-18,23-24H,1-14H2. The van der Waals surface area contributed by atoms with Crippen LogP contribution >= 0.6 is 0 Å². The van der Waals surface area contributed by atoms with Gasteiger partial charge in [0.25, 0.3) is 0 Å². The van der Waals surface area contributed by atoms with Gasteiger partial charge in [0.1, 0.15) is 0 Å². The van der Waals surface area contributed by atoms with Gasteiger partial charge in [-0.15, -0.1) is 0 Å². The number of hydrogen-bond acceptors (Lipinski definition) is 2. The second kappa shape index (κ2) is 4.42. The highest BCUT2D eigenvalue weighted by molar-refractivity contribution is 5.19. The molecule has 2 N–H and O–H groups in total. The Labute approximate surface area is 146 Å². The molecule has 0 saturated heterocycles. The summed E-state index contributed by atoms with van der Waals surface area (Å²) in [4.78, 5) is 0. The molecule has 4 unspecified atom stereocenters. The Morgan fingerprint density at radius 3 is 1.17 bits per heavy atom. The van der Waals surface area contributed by atoms with Crippen LogP contribution in [0.1, 0.15) is 77.0 Å². The number of aliphatic hydroxyl groups excluding tert-OH is 2. The molecule has 8 aliphatic carbocycles. The molecule has 0 spiro atoms. The molecule has 8 saturated carbocycles. The maximum Gasteiger partial charge on any atom is 0.0487 e. The summed E-state index contributed by atoms with van der Waals surface area (Å²) in [6, 6.07) is 0. The van der Waals surface area contributed by atoms with Crippen LogP contribution in [0.3, 0.4) is 0 Å². The van der Waals surface area contributed by atoms with Crippen molar-refractivity contribution in [2.24, 2.45) is 45.3 Å². The average molecular weight is 331 g/mol. The quantitative estimate of drug-likeness (QED) is 0.816. The maximum atomic E-state index is 10.3. The van der Waals surface area contributed by atoms with Gasteiger partial charge in [-0.25, -0.2) is 0 Å². The highest BCUT2D eigenvalue weighted by Gasteiger charge is 2.69. The monoisotopic (exact) mass is 330 g/mol. The predicted octanol–water partition coefficient (Wildman–Crippen LogP) is 4.14. The number of aliphatic hydroxyl groups is 2. The fourth-order valence-corrected chi connectivity index (χ4v) is 10.5. The van der Waals surface area contributed by atoms with Crippen molar-refractivity contribution in [1.29, 1.82) is 0 Å². The molecule has 8 rings (SSSR count). The molecule has 4 atom stereocenters. The predicted molar refractivity (Wildman–Crippen MR) is 93.3 cm³/mol. The van der Waals surface area contributed by atoms with Crippen LogP contribution in [0.25, 0.3) is 0 Å². The maximum absolute atomic E-state index is 10.3. The van der Waals surface area contributed by atoms with E-state index in [0.717, 1.165) is 23.7 Å². The molecule has 0 heterocycles. The lowest BCUT2D eigenvalue weighted by atomic mass is 9.31. The largest absolute Gasteiger partial charge is 0.396 e. The van der Waals surface area contributed by atoms with Gasteiger partial charge in [-0.05, 0) is 122 Å². The first kappa shape index (κ1) is 15.0. The van der Waals surface area contributed by atoms with Crippen molar-refractivity contribution in [2.45, 2.75) is 77.0 Å². The van der Waals surface area contributed by atoms with E-state index in [2.05, 4.69) is 0 Å². The zero-order valence-corrected chi connectivity index (χ0v) is 15.1. The normalized spacial score (nSPS) is 63.2. The van der Waals surface area contributed by atoms with Crippen LogP contribution in [0.5, 0.6) is 0 Å². The van der Waals surface area contributed by atoms with Crippen molar-refractivity contribution < 1.29 is 10.2 Å². The van der Waals surface area contributed by atoms with E-state index in [1.165, 1.54) is 77.0 Å². The van der Waals surface area contributed by atoms with Crippen molar-refractivity contribution in [3.05, 3.63) is 0 Å². The minimum absolute atomic E-state index is 0.278. The lowest BCUT2D eigenvalue weighted by Gasteiger charge is -2.73.